The highest BCUT2D eigenvalue weighted by Crippen LogP contribution is 2.43. The second kappa shape index (κ2) is 9.19. The number of anilines is 2. The van der Waals surface area contributed by atoms with Crippen molar-refractivity contribution < 1.29 is 0 Å². The Labute approximate surface area is 187 Å². The molecule has 0 fully saturated rings. The van der Waals surface area contributed by atoms with Gasteiger partial charge in [0.1, 0.15) is 0 Å². The minimum absolute atomic E-state index is 0.153. The average molecular weight is 420 g/mol. The molecule has 0 aromatic heterocycles. The van der Waals surface area contributed by atoms with Crippen LogP contribution in [0.1, 0.15) is 101 Å². The quantitative estimate of drug-likeness (QED) is 0.347. The van der Waals surface area contributed by atoms with Crippen molar-refractivity contribution in [2.24, 2.45) is 0 Å². The monoisotopic (exact) mass is 420 g/mol. The summed E-state index contributed by atoms with van der Waals surface area (Å²) in [7, 11) is 3.11. The molecule has 0 radical (unpaired) electrons. The zero-order valence-corrected chi connectivity index (χ0v) is 21.1. The first-order valence-corrected chi connectivity index (χ1v) is 12.1. The van der Waals surface area contributed by atoms with Crippen molar-refractivity contribution in [1.82, 2.24) is 0 Å². The van der Waals surface area contributed by atoms with Gasteiger partial charge in [-0.15, -0.1) is 9.12 Å². The lowest BCUT2D eigenvalue weighted by Gasteiger charge is -2.34. The Morgan fingerprint density at radius 2 is 0.833 bits per heavy atom. The molecule has 1 aliphatic heterocycles. The van der Waals surface area contributed by atoms with Crippen LogP contribution in [0.3, 0.4) is 0 Å². The molecule has 0 bridgehead atoms. The lowest BCUT2D eigenvalue weighted by molar-refractivity contribution is 0.832. The van der Waals surface area contributed by atoms with Crippen LogP contribution >= 0.6 is 9.12 Å². The minimum atomic E-state index is 0.153. The zero-order chi connectivity index (χ0) is 22.2. The molecule has 3 rings (SSSR count). The SMILES string of the molecule is CC(C)c1cccc(C(C)C)c1N1C=CN(c2c(C(C)C)cccc2C(C)C)B1P. The van der Waals surface area contributed by atoms with Gasteiger partial charge in [-0.25, -0.2) is 0 Å². The molecule has 1 unspecified atom stereocenters. The maximum atomic E-state index is 3.11. The molecule has 0 aliphatic carbocycles. The largest absolute Gasteiger partial charge is 0.406 e. The predicted octanol–water partition coefficient (Wildman–Crippen LogP) is 7.84. The average Bonchev–Trinajstić information content (AvgIpc) is 3.07. The third-order valence-corrected chi connectivity index (χ3v) is 6.80. The lowest BCUT2D eigenvalue weighted by atomic mass is 9.87. The zero-order valence-electron chi connectivity index (χ0n) is 20.0. The van der Waals surface area contributed by atoms with Crippen LogP contribution in [0.5, 0.6) is 0 Å². The molecule has 30 heavy (non-hydrogen) atoms. The maximum Gasteiger partial charge on any atom is 0.406 e. The molecule has 2 aromatic rings. The molecular formula is C26H38BN2P. The van der Waals surface area contributed by atoms with E-state index < -0.39 is 0 Å². The topological polar surface area (TPSA) is 6.48 Å². The van der Waals surface area contributed by atoms with Gasteiger partial charge in [0.25, 0.3) is 0 Å². The summed E-state index contributed by atoms with van der Waals surface area (Å²) in [5.41, 5.74) is 8.41. The smallest absolute Gasteiger partial charge is 0.367 e. The summed E-state index contributed by atoms with van der Waals surface area (Å²) in [5.74, 6) is 1.92. The van der Waals surface area contributed by atoms with Crippen LogP contribution in [-0.4, -0.2) is 6.70 Å². The first-order chi connectivity index (χ1) is 14.1. The standard InChI is InChI=1S/C26H38BN2P/c1-17(2)21-11-9-12-22(18(3)4)25(21)28-15-16-29(27(28)30)26-23(19(5)6)13-10-14-24(26)20(7)8/h9-20H,30H2,1-8H3. The van der Waals surface area contributed by atoms with Crippen molar-refractivity contribution in [2.75, 3.05) is 9.62 Å². The normalized spacial score (nSPS) is 14.4. The number of benzene rings is 2. The van der Waals surface area contributed by atoms with Gasteiger partial charge in [0.15, 0.2) is 0 Å². The fourth-order valence-electron chi connectivity index (χ4n) is 4.49. The van der Waals surface area contributed by atoms with E-state index in [1.54, 1.807) is 0 Å². The van der Waals surface area contributed by atoms with Crippen LogP contribution in [0, 0.1) is 0 Å². The molecule has 4 heteroatoms. The summed E-state index contributed by atoms with van der Waals surface area (Å²) in [6.45, 7) is 18.5. The van der Waals surface area contributed by atoms with E-state index in [2.05, 4.69) is 123 Å². The van der Waals surface area contributed by atoms with Gasteiger partial charge in [-0.2, -0.15) is 0 Å². The minimum Gasteiger partial charge on any atom is -0.367 e. The highest BCUT2D eigenvalue weighted by atomic mass is 31.0. The van der Waals surface area contributed by atoms with Crippen molar-refractivity contribution in [2.45, 2.75) is 79.1 Å². The van der Waals surface area contributed by atoms with Crippen molar-refractivity contribution in [3.8, 4) is 0 Å². The maximum absolute atomic E-state index is 3.11. The van der Waals surface area contributed by atoms with Crippen LogP contribution in [0.4, 0.5) is 11.4 Å². The Morgan fingerprint density at radius 3 is 1.07 bits per heavy atom. The van der Waals surface area contributed by atoms with E-state index in [-0.39, 0.29) is 6.70 Å². The third kappa shape index (κ3) is 4.19. The van der Waals surface area contributed by atoms with E-state index in [1.807, 2.05) is 0 Å². The first kappa shape index (κ1) is 22.9. The molecule has 1 aliphatic rings. The number of hydrogen-bond acceptors (Lipinski definition) is 2. The van der Waals surface area contributed by atoms with E-state index in [1.165, 1.54) is 33.6 Å². The molecule has 1 heterocycles. The molecule has 0 N–H and O–H groups in total. The molecule has 2 aromatic carbocycles. The van der Waals surface area contributed by atoms with Crippen LogP contribution in [0.15, 0.2) is 48.8 Å². The van der Waals surface area contributed by atoms with Crippen molar-refractivity contribution in [3.63, 3.8) is 0 Å². The van der Waals surface area contributed by atoms with E-state index in [0.29, 0.717) is 23.7 Å². The predicted molar refractivity (Wildman–Crippen MR) is 139 cm³/mol. The Morgan fingerprint density at radius 1 is 0.567 bits per heavy atom. The van der Waals surface area contributed by atoms with Gasteiger partial charge < -0.3 is 9.62 Å². The summed E-state index contributed by atoms with van der Waals surface area (Å²) >= 11 is 0. The second-order valence-corrected chi connectivity index (χ2v) is 10.3. The molecule has 0 spiro atoms. The summed E-state index contributed by atoms with van der Waals surface area (Å²) in [5, 5.41) is 0. The molecule has 0 saturated heterocycles. The van der Waals surface area contributed by atoms with Gasteiger partial charge >= 0.3 is 6.70 Å². The number of nitrogens with zero attached hydrogens (tertiary/aromatic N) is 2. The van der Waals surface area contributed by atoms with Gasteiger partial charge in [0.05, 0.1) is 0 Å². The molecule has 2 nitrogen and oxygen atoms in total. The molecule has 160 valence electrons. The number of rotatable bonds is 6. The van der Waals surface area contributed by atoms with Gasteiger partial charge in [-0.05, 0) is 45.9 Å². The number of para-hydroxylation sites is 2. The molecular weight excluding hydrogens is 382 g/mol. The summed E-state index contributed by atoms with van der Waals surface area (Å²) < 4.78 is 0. The van der Waals surface area contributed by atoms with Crippen molar-refractivity contribution in [3.05, 3.63) is 71.1 Å². The Balaban J connectivity index is 2.12. The van der Waals surface area contributed by atoms with Crippen LogP contribution in [-0.2, 0) is 0 Å². The Kier molecular flexibility index (Phi) is 7.03. The Hall–Kier alpha value is -1.73. The van der Waals surface area contributed by atoms with E-state index in [9.17, 15) is 0 Å². The summed E-state index contributed by atoms with van der Waals surface area (Å²) in [6, 6.07) is 13.6. The van der Waals surface area contributed by atoms with Crippen molar-refractivity contribution >= 4 is 27.2 Å². The highest BCUT2D eigenvalue weighted by molar-refractivity contribution is 7.63. The van der Waals surface area contributed by atoms with Crippen molar-refractivity contribution in [1.29, 1.82) is 0 Å². The number of hydrogen-bond donors (Lipinski definition) is 0. The Bertz CT molecular complexity index is 791. The van der Waals surface area contributed by atoms with E-state index in [0.717, 1.165) is 0 Å². The second-order valence-electron chi connectivity index (χ2n) is 9.72. The molecule has 0 amide bonds. The van der Waals surface area contributed by atoms with E-state index in [4.69, 9.17) is 0 Å². The highest BCUT2D eigenvalue weighted by Gasteiger charge is 2.35. The lowest BCUT2D eigenvalue weighted by Crippen LogP contribution is -2.40. The fraction of sp³-hybridized carbons (Fsp3) is 0.462. The molecule has 0 saturated carbocycles. The van der Waals surface area contributed by atoms with Crippen LogP contribution in [0.2, 0.25) is 0 Å². The fourth-order valence-corrected chi connectivity index (χ4v) is 4.98. The van der Waals surface area contributed by atoms with E-state index >= 15 is 0 Å². The van der Waals surface area contributed by atoms with Gasteiger partial charge in [-0.1, -0.05) is 91.8 Å². The molecule has 1 atom stereocenters. The van der Waals surface area contributed by atoms with Gasteiger partial charge in [0, 0.05) is 23.8 Å². The van der Waals surface area contributed by atoms with Crippen LogP contribution < -0.4 is 9.62 Å². The third-order valence-electron chi connectivity index (χ3n) is 6.16. The van der Waals surface area contributed by atoms with Gasteiger partial charge in [0.2, 0.25) is 0 Å². The summed E-state index contributed by atoms with van der Waals surface area (Å²) in [6.07, 6.45) is 4.54. The van der Waals surface area contributed by atoms with Crippen LogP contribution in [0.25, 0.3) is 0 Å². The summed E-state index contributed by atoms with van der Waals surface area (Å²) in [4.78, 5) is 4.91. The van der Waals surface area contributed by atoms with Gasteiger partial charge in [-0.3, -0.25) is 0 Å². The first-order valence-electron chi connectivity index (χ1n) is 11.4.